The van der Waals surface area contributed by atoms with Crippen LogP contribution in [0.2, 0.25) is 0 Å². The van der Waals surface area contributed by atoms with Crippen LogP contribution in [0.3, 0.4) is 0 Å². The average Bonchev–Trinajstić information content (AvgIpc) is 2.52. The first-order valence-electron chi connectivity index (χ1n) is 6.59. The van der Waals surface area contributed by atoms with E-state index in [2.05, 4.69) is 19.2 Å². The first-order valence-corrected chi connectivity index (χ1v) is 6.59. The fourth-order valence-electron chi connectivity index (χ4n) is 2.31. The van der Waals surface area contributed by atoms with Crippen molar-refractivity contribution in [3.63, 3.8) is 0 Å². The first kappa shape index (κ1) is 13.5. The predicted molar refractivity (Wildman–Crippen MR) is 65.5 cm³/mol. The maximum absolute atomic E-state index is 11.5. The topological polar surface area (TPSA) is 49.3 Å². The van der Waals surface area contributed by atoms with E-state index < -0.39 is 11.5 Å². The molecule has 0 saturated heterocycles. The number of carboxylic acids is 1. The van der Waals surface area contributed by atoms with Gasteiger partial charge in [-0.15, -0.1) is 0 Å². The van der Waals surface area contributed by atoms with E-state index in [1.165, 1.54) is 12.8 Å². The van der Waals surface area contributed by atoms with Crippen LogP contribution in [0.15, 0.2) is 0 Å². The number of carbonyl (C=O) groups is 1. The zero-order chi connectivity index (χ0) is 12.0. The van der Waals surface area contributed by atoms with Crippen molar-refractivity contribution in [2.45, 2.75) is 64.3 Å². The Balaban J connectivity index is 2.60. The molecule has 94 valence electrons. The van der Waals surface area contributed by atoms with Crippen LogP contribution in [0.25, 0.3) is 0 Å². The number of rotatable bonds is 5. The molecule has 1 aliphatic rings. The summed E-state index contributed by atoms with van der Waals surface area (Å²) < 4.78 is 0. The van der Waals surface area contributed by atoms with E-state index in [1.807, 2.05) is 0 Å². The molecule has 0 aliphatic heterocycles. The highest BCUT2D eigenvalue weighted by Crippen LogP contribution is 2.27. The number of carboxylic acid groups (broad SMARTS) is 1. The van der Waals surface area contributed by atoms with E-state index in [0.717, 1.165) is 38.6 Å². The zero-order valence-corrected chi connectivity index (χ0v) is 10.6. The molecule has 0 bridgehead atoms. The van der Waals surface area contributed by atoms with Crippen molar-refractivity contribution in [2.75, 3.05) is 6.54 Å². The van der Waals surface area contributed by atoms with Crippen molar-refractivity contribution < 1.29 is 9.90 Å². The molecule has 1 fully saturated rings. The zero-order valence-electron chi connectivity index (χ0n) is 10.6. The molecule has 1 unspecified atom stereocenters. The SMILES string of the molecule is CCC(C)CNC1(C(=O)O)CCCCCC1. The second-order valence-corrected chi connectivity index (χ2v) is 5.20. The Kier molecular flexibility index (Phi) is 5.26. The van der Waals surface area contributed by atoms with Gasteiger partial charge in [-0.3, -0.25) is 4.79 Å². The summed E-state index contributed by atoms with van der Waals surface area (Å²) in [4.78, 5) is 11.5. The van der Waals surface area contributed by atoms with Crippen molar-refractivity contribution in [3.8, 4) is 0 Å². The molecule has 0 spiro atoms. The van der Waals surface area contributed by atoms with Crippen LogP contribution >= 0.6 is 0 Å². The van der Waals surface area contributed by atoms with Gasteiger partial charge in [-0.1, -0.05) is 46.0 Å². The lowest BCUT2D eigenvalue weighted by atomic mass is 9.89. The van der Waals surface area contributed by atoms with E-state index >= 15 is 0 Å². The smallest absolute Gasteiger partial charge is 0.323 e. The fraction of sp³-hybridized carbons (Fsp3) is 0.923. The van der Waals surface area contributed by atoms with Crippen LogP contribution in [-0.2, 0) is 4.79 Å². The molecule has 1 aliphatic carbocycles. The molecule has 0 heterocycles. The molecular formula is C13H25NO2. The summed E-state index contributed by atoms with van der Waals surface area (Å²) in [6.45, 7) is 5.13. The van der Waals surface area contributed by atoms with Gasteiger partial charge in [0.25, 0.3) is 0 Å². The molecule has 3 nitrogen and oxygen atoms in total. The Morgan fingerprint density at radius 3 is 2.31 bits per heavy atom. The minimum atomic E-state index is -0.655. The van der Waals surface area contributed by atoms with Crippen LogP contribution in [-0.4, -0.2) is 23.2 Å². The van der Waals surface area contributed by atoms with E-state index in [-0.39, 0.29) is 0 Å². The summed E-state index contributed by atoms with van der Waals surface area (Å²) in [5, 5.41) is 12.8. The lowest BCUT2D eigenvalue weighted by Crippen LogP contribution is -2.53. The van der Waals surface area contributed by atoms with Gasteiger partial charge >= 0.3 is 5.97 Å². The standard InChI is InChI=1S/C13H25NO2/c1-3-11(2)10-14-13(12(15)16)8-6-4-5-7-9-13/h11,14H,3-10H2,1-2H3,(H,15,16). The summed E-state index contributed by atoms with van der Waals surface area (Å²) in [5.41, 5.74) is -0.639. The molecule has 0 aromatic rings. The molecule has 1 atom stereocenters. The van der Waals surface area contributed by atoms with E-state index in [4.69, 9.17) is 0 Å². The summed E-state index contributed by atoms with van der Waals surface area (Å²) in [5.74, 6) is -0.0998. The maximum Gasteiger partial charge on any atom is 0.323 e. The van der Waals surface area contributed by atoms with Gasteiger partial charge in [0, 0.05) is 0 Å². The van der Waals surface area contributed by atoms with E-state index in [0.29, 0.717) is 5.92 Å². The third-order valence-corrected chi connectivity index (χ3v) is 3.85. The Morgan fingerprint density at radius 2 is 1.88 bits per heavy atom. The minimum Gasteiger partial charge on any atom is -0.480 e. The van der Waals surface area contributed by atoms with Crippen molar-refractivity contribution in [2.24, 2.45) is 5.92 Å². The van der Waals surface area contributed by atoms with Crippen LogP contribution in [0.1, 0.15) is 58.8 Å². The lowest BCUT2D eigenvalue weighted by Gasteiger charge is -2.30. The highest BCUT2D eigenvalue weighted by atomic mass is 16.4. The molecule has 1 rings (SSSR count). The lowest BCUT2D eigenvalue weighted by molar-refractivity contribution is -0.145. The van der Waals surface area contributed by atoms with Gasteiger partial charge in [0.2, 0.25) is 0 Å². The summed E-state index contributed by atoms with van der Waals surface area (Å²) >= 11 is 0. The van der Waals surface area contributed by atoms with Gasteiger partial charge in [0.15, 0.2) is 0 Å². The third kappa shape index (κ3) is 3.48. The van der Waals surface area contributed by atoms with Crippen molar-refractivity contribution in [1.82, 2.24) is 5.32 Å². The van der Waals surface area contributed by atoms with Crippen molar-refractivity contribution >= 4 is 5.97 Å². The van der Waals surface area contributed by atoms with Gasteiger partial charge in [-0.2, -0.15) is 0 Å². The largest absolute Gasteiger partial charge is 0.480 e. The highest BCUT2D eigenvalue weighted by molar-refractivity contribution is 5.78. The molecule has 0 amide bonds. The molecule has 0 aromatic carbocycles. The van der Waals surface area contributed by atoms with Crippen LogP contribution in [0.4, 0.5) is 0 Å². The molecular weight excluding hydrogens is 202 g/mol. The number of aliphatic carboxylic acids is 1. The summed E-state index contributed by atoms with van der Waals surface area (Å²) in [6, 6.07) is 0. The molecule has 16 heavy (non-hydrogen) atoms. The number of nitrogens with one attached hydrogen (secondary N) is 1. The van der Waals surface area contributed by atoms with Gasteiger partial charge in [-0.05, 0) is 25.3 Å². The summed E-state index contributed by atoms with van der Waals surface area (Å²) in [6.07, 6.45) is 7.12. The Labute approximate surface area is 98.6 Å². The van der Waals surface area contributed by atoms with Crippen LogP contribution in [0.5, 0.6) is 0 Å². The molecule has 2 N–H and O–H groups in total. The molecule has 1 saturated carbocycles. The molecule has 3 heteroatoms. The second kappa shape index (κ2) is 6.24. The van der Waals surface area contributed by atoms with E-state index in [1.54, 1.807) is 0 Å². The quantitative estimate of drug-likeness (QED) is 0.710. The van der Waals surface area contributed by atoms with Crippen molar-refractivity contribution in [3.05, 3.63) is 0 Å². The number of hydrogen-bond acceptors (Lipinski definition) is 2. The minimum absolute atomic E-state index is 0.555. The molecule has 0 aromatic heterocycles. The number of hydrogen-bond donors (Lipinski definition) is 2. The van der Waals surface area contributed by atoms with Crippen LogP contribution < -0.4 is 5.32 Å². The Hall–Kier alpha value is -0.570. The Morgan fingerprint density at radius 1 is 1.31 bits per heavy atom. The van der Waals surface area contributed by atoms with E-state index in [9.17, 15) is 9.90 Å². The summed E-state index contributed by atoms with van der Waals surface area (Å²) in [7, 11) is 0. The Bertz CT molecular complexity index is 220. The monoisotopic (exact) mass is 227 g/mol. The molecule has 0 radical (unpaired) electrons. The van der Waals surface area contributed by atoms with Gasteiger partial charge in [0.05, 0.1) is 0 Å². The fourth-order valence-corrected chi connectivity index (χ4v) is 2.31. The van der Waals surface area contributed by atoms with Crippen LogP contribution in [0, 0.1) is 5.92 Å². The average molecular weight is 227 g/mol. The maximum atomic E-state index is 11.5. The first-order chi connectivity index (χ1) is 7.60. The predicted octanol–water partition coefficient (Wildman–Crippen LogP) is 2.80. The van der Waals surface area contributed by atoms with Crippen molar-refractivity contribution in [1.29, 1.82) is 0 Å². The second-order valence-electron chi connectivity index (χ2n) is 5.20. The van der Waals surface area contributed by atoms with Gasteiger partial charge in [0.1, 0.15) is 5.54 Å². The van der Waals surface area contributed by atoms with Gasteiger partial charge < -0.3 is 10.4 Å². The normalized spacial score (nSPS) is 22.4. The third-order valence-electron chi connectivity index (χ3n) is 3.85. The van der Waals surface area contributed by atoms with Gasteiger partial charge in [-0.25, -0.2) is 0 Å². The highest BCUT2D eigenvalue weighted by Gasteiger charge is 2.38.